The number of ether oxygens (including phenoxy) is 1. The van der Waals surface area contributed by atoms with Crippen LogP contribution in [-0.2, 0) is 6.42 Å². The molecule has 0 aromatic heterocycles. The quantitative estimate of drug-likeness (QED) is 0.687. The van der Waals surface area contributed by atoms with Crippen LogP contribution in [0.15, 0.2) is 36.4 Å². The molecule has 3 rings (SSSR count). The van der Waals surface area contributed by atoms with Gasteiger partial charge in [-0.3, -0.25) is 0 Å². The number of hydrogen-bond acceptors (Lipinski definition) is 1. The van der Waals surface area contributed by atoms with Crippen LogP contribution >= 0.6 is 34.8 Å². The minimum absolute atomic E-state index is 0.289. The summed E-state index contributed by atoms with van der Waals surface area (Å²) in [7, 11) is 0. The van der Waals surface area contributed by atoms with E-state index < -0.39 is 0 Å². The topological polar surface area (TPSA) is 9.23 Å². The molecule has 4 heteroatoms. The molecule has 0 saturated heterocycles. The smallest absolute Gasteiger partial charge is 0.127 e. The van der Waals surface area contributed by atoms with Crippen LogP contribution in [0.2, 0.25) is 10.0 Å². The summed E-state index contributed by atoms with van der Waals surface area (Å²) in [5.74, 6) is 0.874. The average molecular weight is 314 g/mol. The first kappa shape index (κ1) is 13.1. The van der Waals surface area contributed by atoms with Gasteiger partial charge in [0.15, 0.2) is 0 Å². The standard InChI is InChI=1S/C15H11Cl3O/c16-11-3-1-9(2-4-11)14(18)13-8-12(17)7-10-5-6-19-15(10)13/h1-4,7-8,14H,5-6H2. The summed E-state index contributed by atoms with van der Waals surface area (Å²) in [6.07, 6.45) is 0.882. The molecule has 1 heterocycles. The summed E-state index contributed by atoms with van der Waals surface area (Å²) in [6.45, 7) is 0.687. The molecule has 98 valence electrons. The fourth-order valence-corrected chi connectivity index (χ4v) is 2.98. The van der Waals surface area contributed by atoms with E-state index in [2.05, 4.69) is 0 Å². The van der Waals surface area contributed by atoms with Crippen molar-refractivity contribution < 1.29 is 4.74 Å². The number of benzene rings is 2. The number of rotatable bonds is 2. The zero-order chi connectivity index (χ0) is 13.4. The molecule has 1 aliphatic rings. The number of halogens is 3. The Hall–Kier alpha value is -0.890. The summed E-state index contributed by atoms with van der Waals surface area (Å²) in [5, 5.41) is 1.10. The lowest BCUT2D eigenvalue weighted by Crippen LogP contribution is -1.97. The highest BCUT2D eigenvalue weighted by Crippen LogP contribution is 2.41. The normalized spacial score (nSPS) is 14.9. The molecule has 0 saturated carbocycles. The largest absolute Gasteiger partial charge is 0.493 e. The molecule has 0 aliphatic carbocycles. The van der Waals surface area contributed by atoms with E-state index in [9.17, 15) is 0 Å². The second kappa shape index (κ2) is 5.24. The van der Waals surface area contributed by atoms with Crippen LogP contribution in [0.1, 0.15) is 22.1 Å². The maximum absolute atomic E-state index is 6.56. The van der Waals surface area contributed by atoms with Crippen molar-refractivity contribution in [3.8, 4) is 5.75 Å². The molecule has 1 aliphatic heterocycles. The predicted molar refractivity (Wildman–Crippen MR) is 79.8 cm³/mol. The first-order chi connectivity index (χ1) is 9.15. The highest BCUT2D eigenvalue weighted by molar-refractivity contribution is 6.31. The van der Waals surface area contributed by atoms with Crippen LogP contribution in [0.25, 0.3) is 0 Å². The highest BCUT2D eigenvalue weighted by atomic mass is 35.5. The van der Waals surface area contributed by atoms with Crippen molar-refractivity contribution in [2.75, 3.05) is 6.61 Å². The maximum atomic E-state index is 6.56. The van der Waals surface area contributed by atoms with Crippen LogP contribution in [0.3, 0.4) is 0 Å². The third-order valence-electron chi connectivity index (χ3n) is 3.21. The zero-order valence-electron chi connectivity index (χ0n) is 10.00. The zero-order valence-corrected chi connectivity index (χ0v) is 12.3. The average Bonchev–Trinajstić information content (AvgIpc) is 2.85. The minimum Gasteiger partial charge on any atom is -0.493 e. The summed E-state index contributed by atoms with van der Waals surface area (Å²) >= 11 is 18.6. The van der Waals surface area contributed by atoms with Gasteiger partial charge in [0.25, 0.3) is 0 Å². The van der Waals surface area contributed by atoms with Crippen molar-refractivity contribution >= 4 is 34.8 Å². The van der Waals surface area contributed by atoms with E-state index in [0.717, 1.165) is 28.9 Å². The van der Waals surface area contributed by atoms with Crippen molar-refractivity contribution in [3.05, 3.63) is 63.1 Å². The molecule has 1 atom stereocenters. The molecule has 0 N–H and O–H groups in total. The molecule has 2 aromatic rings. The second-order valence-corrected chi connectivity index (χ2v) is 5.81. The van der Waals surface area contributed by atoms with E-state index >= 15 is 0 Å². The molecule has 0 spiro atoms. The summed E-state index contributed by atoms with van der Waals surface area (Å²) in [5.41, 5.74) is 3.03. The highest BCUT2D eigenvalue weighted by Gasteiger charge is 2.23. The van der Waals surface area contributed by atoms with Crippen LogP contribution in [0.5, 0.6) is 5.75 Å². The Balaban J connectivity index is 2.04. The van der Waals surface area contributed by atoms with Crippen molar-refractivity contribution in [2.24, 2.45) is 0 Å². The van der Waals surface area contributed by atoms with E-state index in [-0.39, 0.29) is 5.38 Å². The minimum atomic E-state index is -0.289. The molecule has 1 nitrogen and oxygen atoms in total. The Bertz CT molecular complexity index is 608. The SMILES string of the molecule is Clc1ccc(C(Cl)c2cc(Cl)cc3c2OCC3)cc1. The fraction of sp³-hybridized carbons (Fsp3) is 0.200. The molecule has 0 amide bonds. The van der Waals surface area contributed by atoms with Crippen LogP contribution in [-0.4, -0.2) is 6.61 Å². The molecule has 1 unspecified atom stereocenters. The predicted octanol–water partition coefficient (Wildman–Crippen LogP) is 5.26. The van der Waals surface area contributed by atoms with Gasteiger partial charge in [-0.15, -0.1) is 11.6 Å². The van der Waals surface area contributed by atoms with Crippen LogP contribution < -0.4 is 4.74 Å². The van der Waals surface area contributed by atoms with E-state index in [4.69, 9.17) is 39.5 Å². The first-order valence-corrected chi connectivity index (χ1v) is 7.19. The maximum Gasteiger partial charge on any atom is 0.127 e. The van der Waals surface area contributed by atoms with Gasteiger partial charge < -0.3 is 4.74 Å². The molecule has 0 bridgehead atoms. The van der Waals surface area contributed by atoms with Crippen LogP contribution in [0.4, 0.5) is 0 Å². The van der Waals surface area contributed by atoms with Gasteiger partial charge in [-0.2, -0.15) is 0 Å². The lowest BCUT2D eigenvalue weighted by molar-refractivity contribution is 0.353. The molecule has 2 aromatic carbocycles. The van der Waals surface area contributed by atoms with Gasteiger partial charge in [0.05, 0.1) is 12.0 Å². The summed E-state index contributed by atoms with van der Waals surface area (Å²) in [4.78, 5) is 0. The molecular formula is C15H11Cl3O. The van der Waals surface area contributed by atoms with Gasteiger partial charge in [0.1, 0.15) is 5.75 Å². The van der Waals surface area contributed by atoms with E-state index in [0.29, 0.717) is 16.7 Å². The molecule has 19 heavy (non-hydrogen) atoms. The van der Waals surface area contributed by atoms with Gasteiger partial charge in [-0.1, -0.05) is 35.3 Å². The fourth-order valence-electron chi connectivity index (χ4n) is 2.30. The Morgan fingerprint density at radius 1 is 1.00 bits per heavy atom. The number of hydrogen-bond donors (Lipinski definition) is 0. The van der Waals surface area contributed by atoms with E-state index in [1.165, 1.54) is 0 Å². The third kappa shape index (κ3) is 2.55. The Morgan fingerprint density at radius 2 is 1.74 bits per heavy atom. The Morgan fingerprint density at radius 3 is 2.47 bits per heavy atom. The Labute approximate surface area is 127 Å². The Kier molecular flexibility index (Phi) is 3.62. The monoisotopic (exact) mass is 312 g/mol. The van der Waals surface area contributed by atoms with Crippen molar-refractivity contribution in [2.45, 2.75) is 11.8 Å². The van der Waals surface area contributed by atoms with E-state index in [1.807, 2.05) is 36.4 Å². The van der Waals surface area contributed by atoms with Gasteiger partial charge in [-0.25, -0.2) is 0 Å². The second-order valence-electron chi connectivity index (χ2n) is 4.50. The van der Waals surface area contributed by atoms with Gasteiger partial charge in [0.2, 0.25) is 0 Å². The third-order valence-corrected chi connectivity index (χ3v) is 4.17. The lowest BCUT2D eigenvalue weighted by atomic mass is 10.0. The first-order valence-electron chi connectivity index (χ1n) is 6.00. The summed E-state index contributed by atoms with van der Waals surface area (Å²) in [6, 6.07) is 11.3. The van der Waals surface area contributed by atoms with Gasteiger partial charge >= 0.3 is 0 Å². The summed E-state index contributed by atoms with van der Waals surface area (Å²) < 4.78 is 5.68. The molecule has 0 radical (unpaired) electrons. The van der Waals surface area contributed by atoms with Crippen molar-refractivity contribution in [1.82, 2.24) is 0 Å². The molecule has 0 fully saturated rings. The van der Waals surface area contributed by atoms with Gasteiger partial charge in [0, 0.05) is 22.0 Å². The molecular weight excluding hydrogens is 303 g/mol. The van der Waals surface area contributed by atoms with E-state index in [1.54, 1.807) is 0 Å². The van der Waals surface area contributed by atoms with Crippen LogP contribution in [0, 0.1) is 0 Å². The number of fused-ring (bicyclic) bond motifs is 1. The van der Waals surface area contributed by atoms with Crippen molar-refractivity contribution in [1.29, 1.82) is 0 Å². The number of alkyl halides is 1. The van der Waals surface area contributed by atoms with Crippen molar-refractivity contribution in [3.63, 3.8) is 0 Å². The lowest BCUT2D eigenvalue weighted by Gasteiger charge is -2.15. The van der Waals surface area contributed by atoms with Gasteiger partial charge in [-0.05, 0) is 35.4 Å².